The Morgan fingerprint density at radius 2 is 2.00 bits per heavy atom. The van der Waals surface area contributed by atoms with E-state index < -0.39 is 0 Å². The Labute approximate surface area is 104 Å². The number of hydrogen-bond acceptors (Lipinski definition) is 3. The van der Waals surface area contributed by atoms with Gasteiger partial charge in [-0.1, -0.05) is 12.8 Å². The minimum absolute atomic E-state index is 0.0258. The molecule has 1 heterocycles. The maximum absolute atomic E-state index is 5.85. The Hall–Kier alpha value is -0.930. The van der Waals surface area contributed by atoms with Gasteiger partial charge in [-0.05, 0) is 44.0 Å². The van der Waals surface area contributed by atoms with Crippen LogP contribution >= 0.6 is 0 Å². The molecule has 3 nitrogen and oxygen atoms in total. The van der Waals surface area contributed by atoms with Crippen LogP contribution in [0.2, 0.25) is 0 Å². The molecule has 1 fully saturated rings. The molecule has 0 radical (unpaired) electrons. The molecule has 1 atom stereocenters. The molecular formula is C14H22N2O. The topological polar surface area (TPSA) is 34.2 Å². The molecule has 1 aliphatic rings. The molecule has 0 saturated heterocycles. The van der Waals surface area contributed by atoms with Crippen LogP contribution in [-0.4, -0.2) is 30.8 Å². The first kappa shape index (κ1) is 12.5. The van der Waals surface area contributed by atoms with Crippen molar-refractivity contribution >= 4 is 0 Å². The lowest BCUT2D eigenvalue weighted by atomic mass is 9.87. The molecule has 2 rings (SSSR count). The van der Waals surface area contributed by atoms with E-state index in [-0.39, 0.29) is 5.60 Å². The van der Waals surface area contributed by atoms with Gasteiger partial charge in [-0.2, -0.15) is 0 Å². The van der Waals surface area contributed by atoms with Crippen molar-refractivity contribution in [3.63, 3.8) is 0 Å². The Kier molecular flexibility index (Phi) is 4.13. The van der Waals surface area contributed by atoms with Gasteiger partial charge in [-0.3, -0.25) is 4.98 Å². The summed E-state index contributed by atoms with van der Waals surface area (Å²) in [5.74, 6) is 0. The van der Waals surface area contributed by atoms with E-state index in [0.717, 1.165) is 6.42 Å². The maximum Gasteiger partial charge on any atom is 0.0834 e. The van der Waals surface area contributed by atoms with E-state index in [1.807, 2.05) is 26.6 Å². The standard InChI is InChI=1S/C14H22N2O/c1-15-13(11-12-5-9-16-10-6-12)14(17-2)7-3-4-8-14/h5-6,9-10,13,15H,3-4,7-8,11H2,1-2H3. The summed E-state index contributed by atoms with van der Waals surface area (Å²) in [7, 11) is 3.88. The van der Waals surface area contributed by atoms with Crippen molar-refractivity contribution in [3.05, 3.63) is 30.1 Å². The number of likely N-dealkylation sites (N-methyl/N-ethyl adjacent to an activating group) is 1. The third-order valence-electron chi connectivity index (χ3n) is 4.03. The highest BCUT2D eigenvalue weighted by molar-refractivity contribution is 5.14. The van der Waals surface area contributed by atoms with Crippen LogP contribution in [0, 0.1) is 0 Å². The van der Waals surface area contributed by atoms with E-state index in [1.165, 1.54) is 31.2 Å². The van der Waals surface area contributed by atoms with Gasteiger partial charge in [0.15, 0.2) is 0 Å². The number of hydrogen-bond donors (Lipinski definition) is 1. The third kappa shape index (κ3) is 2.67. The minimum Gasteiger partial charge on any atom is -0.377 e. The minimum atomic E-state index is 0.0258. The molecule has 1 aromatic heterocycles. The summed E-state index contributed by atoms with van der Waals surface area (Å²) in [6, 6.07) is 4.56. The lowest BCUT2D eigenvalue weighted by Crippen LogP contribution is -2.50. The molecule has 0 aromatic carbocycles. The maximum atomic E-state index is 5.85. The van der Waals surface area contributed by atoms with Gasteiger partial charge in [0, 0.05) is 25.5 Å². The first-order valence-corrected chi connectivity index (χ1v) is 6.42. The second-order valence-corrected chi connectivity index (χ2v) is 4.88. The van der Waals surface area contributed by atoms with Gasteiger partial charge >= 0.3 is 0 Å². The van der Waals surface area contributed by atoms with Crippen LogP contribution in [0.3, 0.4) is 0 Å². The fourth-order valence-electron chi connectivity index (χ4n) is 2.97. The van der Waals surface area contributed by atoms with Crippen LogP contribution in [0.25, 0.3) is 0 Å². The molecular weight excluding hydrogens is 212 g/mol. The number of aromatic nitrogens is 1. The van der Waals surface area contributed by atoms with Crippen molar-refractivity contribution in [1.29, 1.82) is 0 Å². The molecule has 3 heteroatoms. The van der Waals surface area contributed by atoms with E-state index in [4.69, 9.17) is 4.74 Å². The quantitative estimate of drug-likeness (QED) is 0.848. The highest BCUT2D eigenvalue weighted by Crippen LogP contribution is 2.36. The van der Waals surface area contributed by atoms with E-state index in [0.29, 0.717) is 6.04 Å². The van der Waals surface area contributed by atoms with E-state index in [1.54, 1.807) is 0 Å². The Morgan fingerprint density at radius 1 is 1.35 bits per heavy atom. The Morgan fingerprint density at radius 3 is 2.53 bits per heavy atom. The summed E-state index contributed by atoms with van der Waals surface area (Å²) in [5, 5.41) is 3.44. The molecule has 1 saturated carbocycles. The van der Waals surface area contributed by atoms with E-state index in [2.05, 4.69) is 22.4 Å². The number of ether oxygens (including phenoxy) is 1. The normalized spacial score (nSPS) is 20.4. The first-order chi connectivity index (χ1) is 8.30. The highest BCUT2D eigenvalue weighted by atomic mass is 16.5. The first-order valence-electron chi connectivity index (χ1n) is 6.42. The number of nitrogens with one attached hydrogen (secondary N) is 1. The van der Waals surface area contributed by atoms with Crippen LogP contribution in [-0.2, 0) is 11.2 Å². The van der Waals surface area contributed by atoms with Crippen LogP contribution in [0.1, 0.15) is 31.2 Å². The van der Waals surface area contributed by atoms with Gasteiger partial charge < -0.3 is 10.1 Å². The second kappa shape index (κ2) is 5.61. The fraction of sp³-hybridized carbons (Fsp3) is 0.643. The monoisotopic (exact) mass is 234 g/mol. The van der Waals surface area contributed by atoms with E-state index in [9.17, 15) is 0 Å². The van der Waals surface area contributed by atoms with Crippen LogP contribution in [0.4, 0.5) is 0 Å². The molecule has 0 aliphatic heterocycles. The lowest BCUT2D eigenvalue weighted by Gasteiger charge is -2.36. The van der Waals surface area contributed by atoms with Crippen LogP contribution < -0.4 is 5.32 Å². The number of methoxy groups -OCH3 is 1. The average Bonchev–Trinajstić information content (AvgIpc) is 2.87. The molecule has 0 amide bonds. The molecule has 0 spiro atoms. The van der Waals surface area contributed by atoms with Crippen LogP contribution in [0.15, 0.2) is 24.5 Å². The van der Waals surface area contributed by atoms with Crippen LogP contribution in [0.5, 0.6) is 0 Å². The largest absolute Gasteiger partial charge is 0.377 e. The van der Waals surface area contributed by atoms with Gasteiger partial charge in [0.2, 0.25) is 0 Å². The summed E-state index contributed by atoms with van der Waals surface area (Å²) in [5.41, 5.74) is 1.35. The van der Waals surface area contributed by atoms with Gasteiger partial charge in [0.25, 0.3) is 0 Å². The van der Waals surface area contributed by atoms with Crippen molar-refractivity contribution in [2.75, 3.05) is 14.2 Å². The summed E-state index contributed by atoms with van der Waals surface area (Å²) in [6.07, 6.45) is 9.62. The van der Waals surface area contributed by atoms with Crippen molar-refractivity contribution in [2.45, 2.75) is 43.7 Å². The molecule has 1 unspecified atom stereocenters. The summed E-state index contributed by atoms with van der Waals surface area (Å²) in [6.45, 7) is 0. The Bertz CT molecular complexity index is 333. The van der Waals surface area contributed by atoms with Gasteiger partial charge in [-0.25, -0.2) is 0 Å². The predicted molar refractivity (Wildman–Crippen MR) is 69.0 cm³/mol. The van der Waals surface area contributed by atoms with Gasteiger partial charge in [0.1, 0.15) is 0 Å². The zero-order valence-corrected chi connectivity index (χ0v) is 10.8. The number of rotatable bonds is 5. The smallest absolute Gasteiger partial charge is 0.0834 e. The zero-order valence-electron chi connectivity index (χ0n) is 10.8. The lowest BCUT2D eigenvalue weighted by molar-refractivity contribution is -0.0336. The van der Waals surface area contributed by atoms with Crippen molar-refractivity contribution in [1.82, 2.24) is 10.3 Å². The third-order valence-corrected chi connectivity index (χ3v) is 4.03. The van der Waals surface area contributed by atoms with Crippen molar-refractivity contribution in [3.8, 4) is 0 Å². The van der Waals surface area contributed by atoms with Gasteiger partial charge in [0.05, 0.1) is 5.60 Å². The molecule has 0 bridgehead atoms. The molecule has 94 valence electrons. The predicted octanol–water partition coefficient (Wildman–Crippen LogP) is 2.17. The molecule has 1 aromatic rings. The molecule has 1 aliphatic carbocycles. The second-order valence-electron chi connectivity index (χ2n) is 4.88. The Balaban J connectivity index is 2.10. The zero-order chi connectivity index (χ0) is 12.1. The summed E-state index contributed by atoms with van der Waals surface area (Å²) in [4.78, 5) is 4.06. The van der Waals surface area contributed by atoms with E-state index >= 15 is 0 Å². The summed E-state index contributed by atoms with van der Waals surface area (Å²) < 4.78 is 5.85. The van der Waals surface area contributed by atoms with Crippen molar-refractivity contribution in [2.24, 2.45) is 0 Å². The highest BCUT2D eigenvalue weighted by Gasteiger charge is 2.40. The van der Waals surface area contributed by atoms with Crippen molar-refractivity contribution < 1.29 is 4.74 Å². The summed E-state index contributed by atoms with van der Waals surface area (Å²) >= 11 is 0. The number of pyridine rings is 1. The van der Waals surface area contributed by atoms with Gasteiger partial charge in [-0.15, -0.1) is 0 Å². The average molecular weight is 234 g/mol. The number of nitrogens with zero attached hydrogens (tertiary/aromatic N) is 1. The fourth-order valence-corrected chi connectivity index (χ4v) is 2.97. The SMILES string of the molecule is CNC(Cc1ccncc1)C1(OC)CCCC1. The molecule has 17 heavy (non-hydrogen) atoms. The molecule has 1 N–H and O–H groups in total.